The van der Waals surface area contributed by atoms with Crippen LogP contribution in [0.25, 0.3) is 0 Å². The fourth-order valence-electron chi connectivity index (χ4n) is 0. The Labute approximate surface area is 57.3 Å². The smallest absolute Gasteiger partial charge is 4.00 e. The fraction of sp³-hybridized carbons (Fsp3) is 0. The molecule has 0 radical (unpaired) electrons. The Morgan fingerprint density at radius 1 is 1.00 bits per heavy atom. The van der Waals surface area contributed by atoms with Crippen molar-refractivity contribution in [1.82, 2.24) is 0 Å². The van der Waals surface area contributed by atoms with E-state index in [1.165, 1.54) is 0 Å². The van der Waals surface area contributed by atoms with Gasteiger partial charge in [-0.05, 0) is 0 Å². The second kappa shape index (κ2) is 55.1. The van der Waals surface area contributed by atoms with Crippen molar-refractivity contribution in [3.05, 3.63) is 0 Å². The van der Waals surface area contributed by atoms with Crippen LogP contribution in [0.3, 0.4) is 0 Å². The average molecular weight is 171 g/mol. The molecule has 0 atom stereocenters. The molecule has 0 aromatic heterocycles. The second-order valence-corrected chi connectivity index (χ2v) is 0. The van der Waals surface area contributed by atoms with Crippen LogP contribution in [0.5, 0.6) is 0 Å². The first kappa shape index (κ1) is 32.8. The van der Waals surface area contributed by atoms with Crippen molar-refractivity contribution in [2.75, 3.05) is 0 Å². The monoisotopic (exact) mass is 171 g/mol. The van der Waals surface area contributed by atoms with Gasteiger partial charge < -0.3 is 11.0 Å². The van der Waals surface area contributed by atoms with Gasteiger partial charge in [-0.15, -0.1) is 0 Å². The van der Waals surface area contributed by atoms with E-state index in [4.69, 9.17) is 0 Å². The molecule has 0 aliphatic rings. The zero-order valence-electron chi connectivity index (χ0n) is 2.06. The van der Waals surface area contributed by atoms with Crippen LogP contribution >= 0.6 is 10.6 Å². The molecule has 0 saturated carbocycles. The summed E-state index contributed by atoms with van der Waals surface area (Å²) < 4.78 is 0. The summed E-state index contributed by atoms with van der Waals surface area (Å²) in [6.07, 6.45) is 0. The molecule has 0 aliphatic carbocycles. The van der Waals surface area contributed by atoms with E-state index in [-0.39, 0.29) is 32.7 Å². The van der Waals surface area contributed by atoms with Gasteiger partial charge in [0.05, 0.1) is 0 Å². The van der Waals surface area contributed by atoms with Crippen molar-refractivity contribution in [2.45, 2.75) is 0 Å². The molecule has 0 unspecified atom stereocenters. The topological polar surface area (TPSA) is 57.0 Å². The summed E-state index contributed by atoms with van der Waals surface area (Å²) in [5.41, 5.74) is 0. The third kappa shape index (κ3) is 32.7. The van der Waals surface area contributed by atoms with E-state index >= 15 is 0 Å². The first-order valence-electron chi connectivity index (χ1n) is 0.136. The minimum atomic E-state index is 0. The second-order valence-electron chi connectivity index (χ2n) is 0. The summed E-state index contributed by atoms with van der Waals surface area (Å²) in [6, 6.07) is 0. The SMILES string of the molecule is [O-2].[O-2].[S]=[Co].[Ti+4]. The minimum Gasteiger partial charge on any atom is 4.00 e. The van der Waals surface area contributed by atoms with Gasteiger partial charge in [-0.3, -0.25) is 0 Å². The van der Waals surface area contributed by atoms with Gasteiger partial charge in [0.25, 0.3) is 0 Å². The maximum atomic E-state index is 3.77. The largest absolute Gasteiger partial charge is 4.00 e. The molecule has 0 aromatic carbocycles. The zero-order valence-corrected chi connectivity index (χ0v) is 5.48. The van der Waals surface area contributed by atoms with E-state index in [0.29, 0.717) is 0 Å². The molecule has 0 heterocycles. The summed E-state index contributed by atoms with van der Waals surface area (Å²) in [5, 5.41) is 0. The summed E-state index contributed by atoms with van der Waals surface area (Å²) in [5.74, 6) is 0. The van der Waals surface area contributed by atoms with Gasteiger partial charge in [-0.25, -0.2) is 0 Å². The van der Waals surface area contributed by atoms with Gasteiger partial charge in [0.15, 0.2) is 0 Å². The molecule has 31 valence electrons. The van der Waals surface area contributed by atoms with Gasteiger partial charge >= 0.3 is 46.4 Å². The van der Waals surface area contributed by atoms with Crippen LogP contribution in [-0.4, -0.2) is 0 Å². The number of rotatable bonds is 0. The van der Waals surface area contributed by atoms with E-state index in [0.717, 1.165) is 0 Å². The molecule has 0 fully saturated rings. The van der Waals surface area contributed by atoms with E-state index < -0.39 is 0 Å². The van der Waals surface area contributed by atoms with Crippen molar-refractivity contribution in [3.63, 3.8) is 0 Å². The molecule has 0 saturated heterocycles. The maximum Gasteiger partial charge on any atom is 4.00 e. The van der Waals surface area contributed by atoms with Gasteiger partial charge in [0.1, 0.15) is 0 Å². The van der Waals surface area contributed by atoms with Gasteiger partial charge in [-0.2, -0.15) is 0 Å². The summed E-state index contributed by atoms with van der Waals surface area (Å²) >= 11 is 3.15. The van der Waals surface area contributed by atoms with Crippen LogP contribution in [0.1, 0.15) is 0 Å². The molecule has 0 rings (SSSR count). The van der Waals surface area contributed by atoms with Crippen molar-refractivity contribution in [3.8, 4) is 0 Å². The molecule has 0 aromatic rings. The molecule has 0 bridgehead atoms. The third-order valence-corrected chi connectivity index (χ3v) is 0. The Morgan fingerprint density at radius 3 is 1.00 bits per heavy atom. The predicted octanol–water partition coefficient (Wildman–Crippen LogP) is 0.406. The van der Waals surface area contributed by atoms with Crippen LogP contribution in [0, 0.1) is 0 Å². The van der Waals surface area contributed by atoms with Crippen LogP contribution in [0.15, 0.2) is 0 Å². The third-order valence-electron chi connectivity index (χ3n) is 0. The first-order chi connectivity index (χ1) is 1.00. The number of hydrogen-bond donors (Lipinski definition) is 0. The molecular formula is CoO2STi. The van der Waals surface area contributed by atoms with Crippen molar-refractivity contribution >= 4 is 10.6 Å². The number of hydrogen-bond acceptors (Lipinski definition) is 1. The Bertz CT molecular complexity index is 9.61. The summed E-state index contributed by atoms with van der Waals surface area (Å²) in [7, 11) is 3.77. The van der Waals surface area contributed by atoms with Gasteiger partial charge in [0, 0.05) is 0 Å². The van der Waals surface area contributed by atoms with Crippen molar-refractivity contribution in [1.29, 1.82) is 0 Å². The molecule has 5 heavy (non-hydrogen) atoms. The van der Waals surface area contributed by atoms with E-state index in [1.807, 2.05) is 0 Å². The van der Waals surface area contributed by atoms with Crippen LogP contribution in [0.2, 0.25) is 0 Å². The van der Waals surface area contributed by atoms with Gasteiger partial charge in [0.2, 0.25) is 0 Å². The summed E-state index contributed by atoms with van der Waals surface area (Å²) in [4.78, 5) is 0. The molecule has 5 heteroatoms. The normalized spacial score (nSPS) is 1.00. The molecule has 0 amide bonds. The van der Waals surface area contributed by atoms with E-state index in [2.05, 4.69) is 24.7 Å². The Hall–Kier alpha value is 1.36. The zero-order chi connectivity index (χ0) is 2.00. The molecule has 2 nitrogen and oxygen atoms in total. The molecule has 0 aliphatic heterocycles. The van der Waals surface area contributed by atoms with E-state index in [9.17, 15) is 0 Å². The summed E-state index contributed by atoms with van der Waals surface area (Å²) in [6.45, 7) is 0. The fourth-order valence-corrected chi connectivity index (χ4v) is 0. The first-order valence-corrected chi connectivity index (χ1v) is 1.68. The maximum absolute atomic E-state index is 3.77. The quantitative estimate of drug-likeness (QED) is 0.486. The Balaban J connectivity index is -0.00000000167. The van der Waals surface area contributed by atoms with Gasteiger partial charge in [-0.1, -0.05) is 0 Å². The van der Waals surface area contributed by atoms with Crippen LogP contribution in [-0.2, 0) is 46.8 Å². The Morgan fingerprint density at radius 2 is 1.00 bits per heavy atom. The standard InChI is InChI=1S/Co.2O.S.Ti/q;2*-2;;+4. The van der Waals surface area contributed by atoms with Crippen LogP contribution in [0.4, 0.5) is 0 Å². The molecule has 0 N–H and O–H groups in total. The van der Waals surface area contributed by atoms with Crippen LogP contribution < -0.4 is 0 Å². The predicted molar refractivity (Wildman–Crippen MR) is 8.96 cm³/mol. The Kier molecular flexibility index (Phi) is 361. The molecule has 0 spiro atoms. The molecular weight excluding hydrogens is 171 g/mol. The van der Waals surface area contributed by atoms with Crippen molar-refractivity contribution in [2.24, 2.45) is 0 Å². The minimum absolute atomic E-state index is 0. The van der Waals surface area contributed by atoms with Crippen molar-refractivity contribution < 1.29 is 46.8 Å². The van der Waals surface area contributed by atoms with E-state index in [1.54, 1.807) is 0 Å². The average Bonchev–Trinajstić information content (AvgIpc) is 1.00.